The first-order chi connectivity index (χ1) is 19.8. The molecule has 0 radical (unpaired) electrons. The Morgan fingerprint density at radius 2 is 1.50 bits per heavy atom. The van der Waals surface area contributed by atoms with E-state index in [-0.39, 0.29) is 0 Å². The zero-order chi connectivity index (χ0) is 26.2. The summed E-state index contributed by atoms with van der Waals surface area (Å²) in [6.07, 6.45) is 13.1. The minimum Gasteiger partial charge on any atom is -0.308 e. The highest BCUT2D eigenvalue weighted by atomic mass is 15.0. The first-order valence-electron chi connectivity index (χ1n) is 13.6. The van der Waals surface area contributed by atoms with Crippen molar-refractivity contribution >= 4 is 60.5 Å². The van der Waals surface area contributed by atoms with Gasteiger partial charge in [-0.3, -0.25) is 15.0 Å². The number of hydrogen-bond acceptors (Lipinski definition) is 3. The number of benzene rings is 4. The fourth-order valence-electron chi connectivity index (χ4n) is 6.57. The molecule has 0 saturated heterocycles. The van der Waals surface area contributed by atoms with Crippen molar-refractivity contribution in [3.63, 3.8) is 0 Å². The van der Waals surface area contributed by atoms with Gasteiger partial charge in [0.2, 0.25) is 0 Å². The molecule has 0 unspecified atom stereocenters. The summed E-state index contributed by atoms with van der Waals surface area (Å²) in [7, 11) is 0. The van der Waals surface area contributed by atoms with Crippen LogP contribution >= 0.6 is 0 Å². The van der Waals surface area contributed by atoms with Crippen LogP contribution in [0.4, 0.5) is 0 Å². The molecule has 4 heteroatoms. The number of aromatic nitrogens is 4. The van der Waals surface area contributed by atoms with E-state index in [9.17, 15) is 0 Å². The Hall–Kier alpha value is -5.35. The summed E-state index contributed by atoms with van der Waals surface area (Å²) in [5.74, 6) is 0. The highest BCUT2D eigenvalue weighted by Gasteiger charge is 2.20. The predicted octanol–water partition coefficient (Wildman–Crippen LogP) is 8.66. The van der Waals surface area contributed by atoms with Crippen molar-refractivity contribution in [1.29, 1.82) is 0 Å². The van der Waals surface area contributed by atoms with Crippen LogP contribution in [0.5, 0.6) is 0 Å². The second-order valence-corrected chi connectivity index (χ2v) is 10.5. The third-order valence-corrected chi connectivity index (χ3v) is 8.29. The molecule has 40 heavy (non-hydrogen) atoms. The molecule has 1 aliphatic rings. The van der Waals surface area contributed by atoms with E-state index in [0.29, 0.717) is 0 Å². The molecule has 4 nitrogen and oxygen atoms in total. The molecule has 8 aromatic rings. The Balaban J connectivity index is 1.29. The zero-order valence-corrected chi connectivity index (χ0v) is 21.5. The molecule has 0 fully saturated rings. The molecule has 1 aliphatic carbocycles. The van der Waals surface area contributed by atoms with Crippen molar-refractivity contribution in [1.82, 2.24) is 19.5 Å². The topological polar surface area (TPSA) is 43.6 Å². The Kier molecular flexibility index (Phi) is 4.35. The number of pyridine rings is 3. The van der Waals surface area contributed by atoms with E-state index in [4.69, 9.17) is 9.97 Å². The van der Waals surface area contributed by atoms with E-state index >= 15 is 0 Å². The van der Waals surface area contributed by atoms with Crippen LogP contribution in [-0.4, -0.2) is 19.5 Å². The van der Waals surface area contributed by atoms with Gasteiger partial charge in [0.15, 0.2) is 0 Å². The standard InChI is InChI=1S/C36H22N4/c1-2-12-31-29(10-1)34-30-11-4-7-22-6-3-8-24(33(22)30)18-32(34)40(31)28-17-27(19-37-21-28)26-16-25-14-13-23-9-5-15-38-35(23)36(25)39-20-26/h1-10,12-21H,11H2. The molecular weight excluding hydrogens is 488 g/mol. The maximum absolute atomic E-state index is 4.85. The van der Waals surface area contributed by atoms with Crippen LogP contribution < -0.4 is 0 Å². The quantitative estimate of drug-likeness (QED) is 0.219. The lowest BCUT2D eigenvalue weighted by Gasteiger charge is -2.15. The Labute approximate surface area is 229 Å². The van der Waals surface area contributed by atoms with Gasteiger partial charge in [-0.2, -0.15) is 0 Å². The van der Waals surface area contributed by atoms with Crippen LogP contribution in [-0.2, 0) is 6.42 Å². The highest BCUT2D eigenvalue weighted by Crippen LogP contribution is 2.41. The maximum Gasteiger partial charge on any atom is 0.0964 e. The molecule has 4 aromatic carbocycles. The molecular formula is C36H22N4. The fraction of sp³-hybridized carbons (Fsp3) is 0.0278. The molecule has 186 valence electrons. The van der Waals surface area contributed by atoms with Gasteiger partial charge in [-0.1, -0.05) is 66.7 Å². The summed E-state index contributed by atoms with van der Waals surface area (Å²) < 4.78 is 2.37. The van der Waals surface area contributed by atoms with Crippen molar-refractivity contribution in [2.24, 2.45) is 0 Å². The van der Waals surface area contributed by atoms with Gasteiger partial charge in [0.25, 0.3) is 0 Å². The van der Waals surface area contributed by atoms with E-state index in [1.54, 1.807) is 0 Å². The smallest absolute Gasteiger partial charge is 0.0964 e. The Morgan fingerprint density at radius 1 is 0.625 bits per heavy atom. The van der Waals surface area contributed by atoms with E-state index in [1.165, 1.54) is 43.7 Å². The maximum atomic E-state index is 4.85. The fourth-order valence-corrected chi connectivity index (χ4v) is 6.57. The van der Waals surface area contributed by atoms with Crippen molar-refractivity contribution < 1.29 is 0 Å². The van der Waals surface area contributed by atoms with Gasteiger partial charge in [0.05, 0.1) is 34.0 Å². The summed E-state index contributed by atoms with van der Waals surface area (Å²) in [6, 6.07) is 30.4. The molecule has 0 saturated carbocycles. The highest BCUT2D eigenvalue weighted by molar-refractivity contribution is 6.17. The molecule has 0 N–H and O–H groups in total. The second-order valence-electron chi connectivity index (χ2n) is 10.5. The van der Waals surface area contributed by atoms with E-state index in [2.05, 4.69) is 101 Å². The number of hydrogen-bond donors (Lipinski definition) is 0. The Bertz CT molecular complexity index is 2360. The number of allylic oxidation sites excluding steroid dienone is 1. The molecule has 0 atom stereocenters. The summed E-state index contributed by atoms with van der Waals surface area (Å²) in [5, 5.41) is 7.42. The minimum absolute atomic E-state index is 0.919. The van der Waals surface area contributed by atoms with Gasteiger partial charge >= 0.3 is 0 Å². The van der Waals surface area contributed by atoms with Crippen molar-refractivity contribution in [3.8, 4) is 16.8 Å². The second kappa shape index (κ2) is 8.08. The summed E-state index contributed by atoms with van der Waals surface area (Å²) >= 11 is 0. The van der Waals surface area contributed by atoms with Gasteiger partial charge in [0.1, 0.15) is 0 Å². The first-order valence-corrected chi connectivity index (χ1v) is 13.6. The first kappa shape index (κ1) is 21.6. The molecule has 0 bridgehead atoms. The van der Waals surface area contributed by atoms with E-state index < -0.39 is 0 Å². The van der Waals surface area contributed by atoms with Crippen LogP contribution in [0.3, 0.4) is 0 Å². The lowest BCUT2D eigenvalue weighted by atomic mass is 9.90. The number of para-hydroxylation sites is 1. The lowest BCUT2D eigenvalue weighted by Crippen LogP contribution is -1.98. The van der Waals surface area contributed by atoms with Crippen molar-refractivity contribution in [3.05, 3.63) is 127 Å². The SMILES string of the molecule is C1=Cc2cccc3cc4c(c(c23)C1)c1ccccc1n4-c1cncc(-c2cnc3c(ccc4cccnc43)c2)c1. The Morgan fingerprint density at radius 3 is 2.50 bits per heavy atom. The van der Waals surface area contributed by atoms with Crippen LogP contribution in [0.15, 0.2) is 116 Å². The third kappa shape index (κ3) is 2.99. The van der Waals surface area contributed by atoms with Gasteiger partial charge in [-0.15, -0.1) is 0 Å². The van der Waals surface area contributed by atoms with Crippen LogP contribution in [0.1, 0.15) is 11.1 Å². The van der Waals surface area contributed by atoms with Crippen molar-refractivity contribution in [2.45, 2.75) is 6.42 Å². The molecule has 9 rings (SSSR count). The van der Waals surface area contributed by atoms with Gasteiger partial charge in [-0.05, 0) is 58.7 Å². The predicted molar refractivity (Wildman–Crippen MR) is 165 cm³/mol. The molecule has 4 heterocycles. The summed E-state index contributed by atoms with van der Waals surface area (Å²) in [4.78, 5) is 14.1. The van der Waals surface area contributed by atoms with Crippen LogP contribution in [0.25, 0.3) is 77.3 Å². The monoisotopic (exact) mass is 510 g/mol. The van der Waals surface area contributed by atoms with Gasteiger partial charge in [0, 0.05) is 51.3 Å². The minimum atomic E-state index is 0.919. The molecule has 0 spiro atoms. The number of rotatable bonds is 2. The molecule has 4 aromatic heterocycles. The van der Waals surface area contributed by atoms with Crippen LogP contribution in [0, 0.1) is 0 Å². The van der Waals surface area contributed by atoms with Gasteiger partial charge < -0.3 is 4.57 Å². The normalized spacial score (nSPS) is 12.8. The lowest BCUT2D eigenvalue weighted by molar-refractivity contribution is 1.14. The van der Waals surface area contributed by atoms with Crippen LogP contribution in [0.2, 0.25) is 0 Å². The molecule has 0 amide bonds. The van der Waals surface area contributed by atoms with E-state index in [0.717, 1.165) is 45.0 Å². The van der Waals surface area contributed by atoms with E-state index in [1.807, 2.05) is 30.9 Å². The average molecular weight is 511 g/mol. The average Bonchev–Trinajstić information content (AvgIpc) is 3.35. The summed E-state index contributed by atoms with van der Waals surface area (Å²) in [6.45, 7) is 0. The van der Waals surface area contributed by atoms with Gasteiger partial charge in [-0.25, -0.2) is 0 Å². The summed E-state index contributed by atoms with van der Waals surface area (Å²) in [5.41, 5.74) is 10.1. The largest absolute Gasteiger partial charge is 0.308 e. The zero-order valence-electron chi connectivity index (χ0n) is 21.5. The third-order valence-electron chi connectivity index (χ3n) is 8.29. The van der Waals surface area contributed by atoms with Crippen molar-refractivity contribution in [2.75, 3.05) is 0 Å². The number of fused-ring (bicyclic) bond motifs is 7. The number of nitrogens with zero attached hydrogens (tertiary/aromatic N) is 4. The molecule has 0 aliphatic heterocycles.